The second kappa shape index (κ2) is 12.5. The molecule has 1 fully saturated rings. The molecule has 9 heteroatoms. The molecule has 39 heavy (non-hydrogen) atoms. The summed E-state index contributed by atoms with van der Waals surface area (Å²) in [5.74, 6) is -0.188. The zero-order valence-corrected chi connectivity index (χ0v) is 23.5. The number of nitrogens with one attached hydrogen (secondary N) is 2. The summed E-state index contributed by atoms with van der Waals surface area (Å²) in [7, 11) is -3.49. The molecule has 2 amide bonds. The highest BCUT2D eigenvalue weighted by Gasteiger charge is 2.28. The lowest BCUT2D eigenvalue weighted by molar-refractivity contribution is 0.0950. The first kappa shape index (κ1) is 28.5. The van der Waals surface area contributed by atoms with Crippen molar-refractivity contribution in [2.45, 2.75) is 32.2 Å². The van der Waals surface area contributed by atoms with Crippen molar-refractivity contribution in [1.82, 2.24) is 14.5 Å². The SMILES string of the molecule is Cc1ccc(S(=O)(=O)N2CCN(Cc3ccc(C(=O)Nc4ccccc4C(=O)NCC(C)C)cc3)CC2)cc1. The van der Waals surface area contributed by atoms with Crippen LogP contribution in [0.15, 0.2) is 77.7 Å². The molecule has 0 aliphatic carbocycles. The molecule has 206 valence electrons. The van der Waals surface area contributed by atoms with Crippen molar-refractivity contribution in [3.8, 4) is 0 Å². The number of sulfonamides is 1. The maximum atomic E-state index is 13.0. The van der Waals surface area contributed by atoms with Crippen LogP contribution in [0.4, 0.5) is 5.69 Å². The van der Waals surface area contributed by atoms with Crippen LogP contribution in [0.5, 0.6) is 0 Å². The topological polar surface area (TPSA) is 98.8 Å². The Morgan fingerprint density at radius 1 is 0.846 bits per heavy atom. The van der Waals surface area contributed by atoms with Crippen LogP contribution in [0.3, 0.4) is 0 Å². The minimum absolute atomic E-state index is 0.221. The van der Waals surface area contributed by atoms with Gasteiger partial charge in [-0.3, -0.25) is 14.5 Å². The third-order valence-corrected chi connectivity index (χ3v) is 8.62. The lowest BCUT2D eigenvalue weighted by Crippen LogP contribution is -2.48. The molecule has 1 heterocycles. The van der Waals surface area contributed by atoms with Gasteiger partial charge in [-0.2, -0.15) is 4.31 Å². The molecular formula is C30H36N4O4S. The van der Waals surface area contributed by atoms with Crippen LogP contribution in [-0.2, 0) is 16.6 Å². The quantitative estimate of drug-likeness (QED) is 0.419. The third-order valence-electron chi connectivity index (χ3n) is 6.70. The molecule has 1 aliphatic rings. The van der Waals surface area contributed by atoms with E-state index in [1.54, 1.807) is 52.8 Å². The van der Waals surface area contributed by atoms with Crippen LogP contribution < -0.4 is 10.6 Å². The van der Waals surface area contributed by atoms with Crippen molar-refractivity contribution in [3.05, 3.63) is 95.1 Å². The number of anilines is 1. The van der Waals surface area contributed by atoms with Gasteiger partial charge in [-0.05, 0) is 54.8 Å². The van der Waals surface area contributed by atoms with E-state index in [-0.39, 0.29) is 11.8 Å². The van der Waals surface area contributed by atoms with Gasteiger partial charge in [0, 0.05) is 44.8 Å². The Labute approximate surface area is 231 Å². The van der Waals surface area contributed by atoms with Gasteiger partial charge < -0.3 is 10.6 Å². The Bertz CT molecular complexity index is 1400. The van der Waals surface area contributed by atoms with E-state index < -0.39 is 10.0 Å². The van der Waals surface area contributed by atoms with Crippen molar-refractivity contribution < 1.29 is 18.0 Å². The summed E-state index contributed by atoms with van der Waals surface area (Å²) in [4.78, 5) is 28.0. The van der Waals surface area contributed by atoms with Gasteiger partial charge in [-0.1, -0.05) is 55.8 Å². The number of carbonyl (C=O) groups excluding carboxylic acids is 2. The van der Waals surface area contributed by atoms with Gasteiger partial charge in [0.15, 0.2) is 0 Å². The number of piperazine rings is 1. The minimum Gasteiger partial charge on any atom is -0.352 e. The molecule has 0 aromatic heterocycles. The van der Waals surface area contributed by atoms with Crippen molar-refractivity contribution in [1.29, 1.82) is 0 Å². The van der Waals surface area contributed by atoms with E-state index in [1.807, 2.05) is 45.0 Å². The van der Waals surface area contributed by atoms with E-state index in [0.717, 1.165) is 11.1 Å². The fourth-order valence-corrected chi connectivity index (χ4v) is 5.81. The van der Waals surface area contributed by atoms with Gasteiger partial charge in [0.05, 0.1) is 16.1 Å². The Kier molecular flexibility index (Phi) is 9.16. The first-order chi connectivity index (χ1) is 18.6. The highest BCUT2D eigenvalue weighted by Crippen LogP contribution is 2.20. The van der Waals surface area contributed by atoms with Crippen LogP contribution in [0.25, 0.3) is 0 Å². The van der Waals surface area contributed by atoms with Gasteiger partial charge in [0.2, 0.25) is 10.0 Å². The molecular weight excluding hydrogens is 512 g/mol. The number of benzene rings is 3. The Balaban J connectivity index is 1.32. The van der Waals surface area contributed by atoms with Crippen LogP contribution in [-0.4, -0.2) is 62.2 Å². The number of carbonyl (C=O) groups is 2. The average Bonchev–Trinajstić information content (AvgIpc) is 2.93. The van der Waals surface area contributed by atoms with E-state index in [4.69, 9.17) is 0 Å². The van der Waals surface area contributed by atoms with Gasteiger partial charge in [-0.25, -0.2) is 8.42 Å². The van der Waals surface area contributed by atoms with Crippen LogP contribution in [0, 0.1) is 12.8 Å². The Hall–Kier alpha value is -3.53. The molecule has 0 saturated carbocycles. The summed E-state index contributed by atoms with van der Waals surface area (Å²) >= 11 is 0. The summed E-state index contributed by atoms with van der Waals surface area (Å²) in [6, 6.07) is 21.3. The Morgan fingerprint density at radius 2 is 1.49 bits per heavy atom. The average molecular weight is 549 g/mol. The summed E-state index contributed by atoms with van der Waals surface area (Å²) in [5, 5.41) is 5.75. The monoisotopic (exact) mass is 548 g/mol. The Morgan fingerprint density at radius 3 is 2.13 bits per heavy atom. The molecule has 1 aliphatic heterocycles. The molecule has 3 aromatic rings. The van der Waals surface area contributed by atoms with Gasteiger partial charge in [-0.15, -0.1) is 0 Å². The number of nitrogens with zero attached hydrogens (tertiary/aromatic N) is 2. The van der Waals surface area contributed by atoms with Crippen molar-refractivity contribution >= 4 is 27.5 Å². The zero-order valence-electron chi connectivity index (χ0n) is 22.7. The van der Waals surface area contributed by atoms with Crippen LogP contribution >= 0.6 is 0 Å². The molecule has 0 radical (unpaired) electrons. The molecule has 0 unspecified atom stereocenters. The maximum absolute atomic E-state index is 13.0. The van der Waals surface area contributed by atoms with Crippen molar-refractivity contribution in [2.24, 2.45) is 5.92 Å². The maximum Gasteiger partial charge on any atom is 0.255 e. The normalized spacial score (nSPS) is 14.8. The fraction of sp³-hybridized carbons (Fsp3) is 0.333. The molecule has 8 nitrogen and oxygen atoms in total. The number of para-hydroxylation sites is 1. The number of rotatable bonds is 9. The molecule has 2 N–H and O–H groups in total. The van der Waals surface area contributed by atoms with E-state index in [1.165, 1.54) is 0 Å². The van der Waals surface area contributed by atoms with Gasteiger partial charge in [0.1, 0.15) is 0 Å². The molecule has 4 rings (SSSR count). The molecule has 0 atom stereocenters. The van der Waals surface area contributed by atoms with Crippen LogP contribution in [0.2, 0.25) is 0 Å². The molecule has 0 spiro atoms. The molecule has 0 bridgehead atoms. The lowest BCUT2D eigenvalue weighted by Gasteiger charge is -2.34. The van der Waals surface area contributed by atoms with Crippen molar-refractivity contribution in [3.63, 3.8) is 0 Å². The second-order valence-corrected chi connectivity index (χ2v) is 12.2. The summed E-state index contributed by atoms with van der Waals surface area (Å²) in [5.41, 5.74) is 3.44. The number of hydrogen-bond acceptors (Lipinski definition) is 5. The first-order valence-corrected chi connectivity index (χ1v) is 14.6. The van der Waals surface area contributed by atoms with Crippen LogP contribution in [0.1, 0.15) is 45.7 Å². The highest BCUT2D eigenvalue weighted by atomic mass is 32.2. The standard InChI is InChI=1S/C30H36N4O4S/c1-22(2)20-31-30(36)27-6-4-5-7-28(27)32-29(35)25-12-10-24(11-13-25)21-33-16-18-34(19-17-33)39(37,38)26-14-8-23(3)9-15-26/h4-15,22H,16-21H2,1-3H3,(H,31,36)(H,32,35). The predicted octanol–water partition coefficient (Wildman–Crippen LogP) is 4.14. The zero-order chi connectivity index (χ0) is 28.0. The summed E-state index contributed by atoms with van der Waals surface area (Å²) < 4.78 is 27.5. The van der Waals surface area contributed by atoms with E-state index in [9.17, 15) is 18.0 Å². The van der Waals surface area contributed by atoms with Gasteiger partial charge >= 0.3 is 0 Å². The minimum atomic E-state index is -3.49. The largest absolute Gasteiger partial charge is 0.352 e. The molecule has 1 saturated heterocycles. The highest BCUT2D eigenvalue weighted by molar-refractivity contribution is 7.89. The number of amides is 2. The van der Waals surface area contributed by atoms with E-state index >= 15 is 0 Å². The summed E-state index contributed by atoms with van der Waals surface area (Å²) in [6.07, 6.45) is 0. The van der Waals surface area contributed by atoms with E-state index in [0.29, 0.717) is 66.9 Å². The number of hydrogen-bond donors (Lipinski definition) is 2. The second-order valence-electron chi connectivity index (χ2n) is 10.3. The van der Waals surface area contributed by atoms with Crippen molar-refractivity contribution in [2.75, 3.05) is 38.0 Å². The fourth-order valence-electron chi connectivity index (χ4n) is 4.38. The van der Waals surface area contributed by atoms with Gasteiger partial charge in [0.25, 0.3) is 11.8 Å². The third kappa shape index (κ3) is 7.32. The predicted molar refractivity (Wildman–Crippen MR) is 153 cm³/mol. The molecule has 3 aromatic carbocycles. The lowest BCUT2D eigenvalue weighted by atomic mass is 10.1. The first-order valence-electron chi connectivity index (χ1n) is 13.2. The number of aryl methyl sites for hydroxylation is 1. The van der Waals surface area contributed by atoms with E-state index in [2.05, 4.69) is 15.5 Å². The summed E-state index contributed by atoms with van der Waals surface area (Å²) in [6.45, 7) is 9.32. The smallest absolute Gasteiger partial charge is 0.255 e.